The van der Waals surface area contributed by atoms with Crippen LogP contribution in [0.4, 0.5) is 0 Å². The molecule has 0 spiro atoms. The molecule has 0 saturated heterocycles. The van der Waals surface area contributed by atoms with Crippen LogP contribution in [0.2, 0.25) is 0 Å². The molecule has 5 heteroatoms. The number of methoxy groups -OCH3 is 1. The van der Waals surface area contributed by atoms with E-state index in [1.54, 1.807) is 41.0 Å². The second-order valence-electron chi connectivity index (χ2n) is 4.96. The fourth-order valence-electron chi connectivity index (χ4n) is 2.06. The lowest BCUT2D eigenvalue weighted by Crippen LogP contribution is -2.19. The van der Waals surface area contributed by atoms with Gasteiger partial charge in [0.1, 0.15) is 5.75 Å². The maximum Gasteiger partial charge on any atom is 0.337 e. The summed E-state index contributed by atoms with van der Waals surface area (Å²) in [6.07, 6.45) is 2.57. The van der Waals surface area contributed by atoms with E-state index in [0.717, 1.165) is 12.0 Å². The molecule has 116 valence electrons. The quantitative estimate of drug-likeness (QED) is 0.607. The number of esters is 1. The third-order valence-electron chi connectivity index (χ3n) is 3.22. The van der Waals surface area contributed by atoms with E-state index in [9.17, 15) is 9.59 Å². The Morgan fingerprint density at radius 2 is 1.86 bits per heavy atom. The summed E-state index contributed by atoms with van der Waals surface area (Å²) in [5.74, 6) is 0.314. The van der Waals surface area contributed by atoms with Crippen molar-refractivity contribution < 1.29 is 14.3 Å². The Bertz CT molecular complexity index is 689. The number of nitrogens with zero attached hydrogens (tertiary/aromatic N) is 1. The van der Waals surface area contributed by atoms with Gasteiger partial charge in [0, 0.05) is 18.8 Å². The number of aryl methyl sites for hydroxylation is 2. The van der Waals surface area contributed by atoms with Crippen molar-refractivity contribution in [2.75, 3.05) is 13.7 Å². The lowest BCUT2D eigenvalue weighted by Gasteiger charge is -2.09. The van der Waals surface area contributed by atoms with Gasteiger partial charge in [0.05, 0.1) is 19.3 Å². The van der Waals surface area contributed by atoms with E-state index in [2.05, 4.69) is 4.74 Å². The van der Waals surface area contributed by atoms with Gasteiger partial charge < -0.3 is 14.0 Å². The molecule has 0 unspecified atom stereocenters. The third-order valence-corrected chi connectivity index (χ3v) is 3.22. The fourth-order valence-corrected chi connectivity index (χ4v) is 2.06. The van der Waals surface area contributed by atoms with Gasteiger partial charge >= 0.3 is 5.97 Å². The Morgan fingerprint density at radius 3 is 2.55 bits per heavy atom. The molecule has 2 aromatic rings. The zero-order chi connectivity index (χ0) is 15.9. The first kappa shape index (κ1) is 15.8. The highest BCUT2D eigenvalue weighted by Crippen LogP contribution is 2.13. The van der Waals surface area contributed by atoms with Crippen LogP contribution in [0, 0.1) is 6.92 Å². The summed E-state index contributed by atoms with van der Waals surface area (Å²) < 4.78 is 11.9. The zero-order valence-corrected chi connectivity index (χ0v) is 12.7. The predicted molar refractivity (Wildman–Crippen MR) is 83.3 cm³/mol. The van der Waals surface area contributed by atoms with Gasteiger partial charge in [-0.05, 0) is 43.2 Å². The minimum Gasteiger partial charge on any atom is -0.494 e. The molecule has 22 heavy (non-hydrogen) atoms. The zero-order valence-electron chi connectivity index (χ0n) is 12.7. The van der Waals surface area contributed by atoms with Crippen LogP contribution in [-0.2, 0) is 11.3 Å². The minimum absolute atomic E-state index is 0.00645. The molecule has 0 fully saturated rings. The molecule has 0 amide bonds. The molecule has 0 aliphatic carbocycles. The number of rotatable bonds is 6. The molecule has 1 aromatic heterocycles. The molecule has 1 heterocycles. The highest BCUT2D eigenvalue weighted by Gasteiger charge is 2.04. The van der Waals surface area contributed by atoms with Crippen LogP contribution in [0.5, 0.6) is 5.75 Å². The van der Waals surface area contributed by atoms with E-state index in [1.165, 1.54) is 7.11 Å². The Hall–Kier alpha value is -2.56. The SMILES string of the molecule is COC(=O)c1ccc(OCCCn2cc(C)ccc2=O)cc1. The molecule has 0 saturated carbocycles. The number of carbonyl (C=O) groups excluding carboxylic acids is 1. The second kappa shape index (κ2) is 7.45. The maximum atomic E-state index is 11.6. The smallest absolute Gasteiger partial charge is 0.337 e. The first-order valence-corrected chi connectivity index (χ1v) is 7.08. The normalized spacial score (nSPS) is 10.3. The Balaban J connectivity index is 1.82. The van der Waals surface area contributed by atoms with E-state index in [0.29, 0.717) is 24.5 Å². The van der Waals surface area contributed by atoms with Gasteiger partial charge in [-0.3, -0.25) is 4.79 Å². The molecule has 0 aliphatic rings. The molecule has 1 aromatic carbocycles. The molecule has 5 nitrogen and oxygen atoms in total. The third kappa shape index (κ3) is 4.22. The number of benzene rings is 1. The summed E-state index contributed by atoms with van der Waals surface area (Å²) in [5, 5.41) is 0. The molecule has 0 radical (unpaired) electrons. The number of pyridine rings is 1. The number of aromatic nitrogens is 1. The van der Waals surface area contributed by atoms with E-state index in [-0.39, 0.29) is 11.5 Å². The Labute approximate surface area is 129 Å². The van der Waals surface area contributed by atoms with Gasteiger partial charge in [0.2, 0.25) is 0 Å². The number of hydrogen-bond donors (Lipinski definition) is 0. The summed E-state index contributed by atoms with van der Waals surface area (Å²) in [4.78, 5) is 22.9. The maximum absolute atomic E-state index is 11.6. The minimum atomic E-state index is -0.370. The highest BCUT2D eigenvalue weighted by atomic mass is 16.5. The Kier molecular flexibility index (Phi) is 5.36. The van der Waals surface area contributed by atoms with E-state index in [1.807, 2.05) is 13.1 Å². The van der Waals surface area contributed by atoms with Crippen molar-refractivity contribution >= 4 is 5.97 Å². The average Bonchev–Trinajstić information content (AvgIpc) is 2.54. The van der Waals surface area contributed by atoms with Crippen molar-refractivity contribution in [2.24, 2.45) is 0 Å². The van der Waals surface area contributed by atoms with Crippen molar-refractivity contribution in [1.82, 2.24) is 4.57 Å². The second-order valence-corrected chi connectivity index (χ2v) is 4.96. The molecule has 2 rings (SSSR count). The molecular weight excluding hydrogens is 282 g/mol. The lowest BCUT2D eigenvalue weighted by molar-refractivity contribution is 0.0600. The van der Waals surface area contributed by atoms with Crippen LogP contribution in [0.15, 0.2) is 47.4 Å². The Morgan fingerprint density at radius 1 is 1.14 bits per heavy atom. The molecular formula is C17H19NO4. The first-order chi connectivity index (χ1) is 10.6. The van der Waals surface area contributed by atoms with Crippen molar-refractivity contribution in [1.29, 1.82) is 0 Å². The van der Waals surface area contributed by atoms with Crippen LogP contribution in [0.25, 0.3) is 0 Å². The van der Waals surface area contributed by atoms with Crippen LogP contribution >= 0.6 is 0 Å². The van der Waals surface area contributed by atoms with Crippen molar-refractivity contribution in [2.45, 2.75) is 19.9 Å². The van der Waals surface area contributed by atoms with Gasteiger partial charge in [-0.15, -0.1) is 0 Å². The van der Waals surface area contributed by atoms with Gasteiger partial charge in [0.15, 0.2) is 0 Å². The van der Waals surface area contributed by atoms with Crippen LogP contribution < -0.4 is 10.3 Å². The van der Waals surface area contributed by atoms with Crippen LogP contribution in [-0.4, -0.2) is 24.3 Å². The van der Waals surface area contributed by atoms with Gasteiger partial charge in [0.25, 0.3) is 5.56 Å². The molecule has 0 bridgehead atoms. The summed E-state index contributed by atoms with van der Waals surface area (Å²) in [6.45, 7) is 3.06. The summed E-state index contributed by atoms with van der Waals surface area (Å²) in [6, 6.07) is 10.1. The van der Waals surface area contributed by atoms with E-state index < -0.39 is 0 Å². The topological polar surface area (TPSA) is 57.5 Å². The van der Waals surface area contributed by atoms with Gasteiger partial charge in [-0.2, -0.15) is 0 Å². The fraction of sp³-hybridized carbons (Fsp3) is 0.294. The van der Waals surface area contributed by atoms with Crippen molar-refractivity contribution in [3.8, 4) is 5.75 Å². The number of carbonyl (C=O) groups is 1. The van der Waals surface area contributed by atoms with Crippen molar-refractivity contribution in [3.63, 3.8) is 0 Å². The molecule has 0 N–H and O–H groups in total. The summed E-state index contributed by atoms with van der Waals surface area (Å²) in [7, 11) is 1.35. The standard InChI is InChI=1S/C17H19NO4/c1-13-4-9-16(19)18(12-13)10-3-11-22-15-7-5-14(6-8-15)17(20)21-2/h4-9,12H,3,10-11H2,1-2H3. The predicted octanol–water partition coefficient (Wildman–Crippen LogP) is 2.41. The van der Waals surface area contributed by atoms with Crippen molar-refractivity contribution in [3.05, 3.63) is 64.1 Å². The van der Waals surface area contributed by atoms with E-state index >= 15 is 0 Å². The summed E-state index contributed by atoms with van der Waals surface area (Å²) in [5.41, 5.74) is 1.54. The van der Waals surface area contributed by atoms with Gasteiger partial charge in [-0.25, -0.2) is 4.79 Å². The van der Waals surface area contributed by atoms with Gasteiger partial charge in [-0.1, -0.05) is 6.07 Å². The summed E-state index contributed by atoms with van der Waals surface area (Å²) >= 11 is 0. The molecule has 0 aliphatic heterocycles. The number of hydrogen-bond acceptors (Lipinski definition) is 4. The largest absolute Gasteiger partial charge is 0.494 e. The molecule has 0 atom stereocenters. The average molecular weight is 301 g/mol. The highest BCUT2D eigenvalue weighted by molar-refractivity contribution is 5.89. The van der Waals surface area contributed by atoms with Crippen LogP contribution in [0.3, 0.4) is 0 Å². The number of ether oxygens (including phenoxy) is 2. The lowest BCUT2D eigenvalue weighted by atomic mass is 10.2. The van der Waals surface area contributed by atoms with Crippen LogP contribution in [0.1, 0.15) is 22.3 Å². The monoisotopic (exact) mass is 301 g/mol. The van der Waals surface area contributed by atoms with E-state index in [4.69, 9.17) is 4.74 Å². The first-order valence-electron chi connectivity index (χ1n) is 7.08.